The number of fused-ring (bicyclic) bond motifs is 1. The van der Waals surface area contributed by atoms with Gasteiger partial charge in [-0.3, -0.25) is 14.9 Å². The fourth-order valence-corrected chi connectivity index (χ4v) is 4.73. The average molecular weight is 442 g/mol. The topological polar surface area (TPSA) is 100 Å². The molecule has 0 radical (unpaired) electrons. The van der Waals surface area contributed by atoms with Gasteiger partial charge in [-0.1, -0.05) is 29.5 Å². The molecule has 3 aromatic rings. The normalized spacial score (nSPS) is 17.2. The van der Waals surface area contributed by atoms with Gasteiger partial charge in [0.2, 0.25) is 0 Å². The zero-order valence-corrected chi connectivity index (χ0v) is 18.8. The van der Waals surface area contributed by atoms with Crippen LogP contribution in [-0.4, -0.2) is 55.8 Å². The van der Waals surface area contributed by atoms with Crippen molar-refractivity contribution in [1.82, 2.24) is 19.7 Å². The van der Waals surface area contributed by atoms with E-state index in [2.05, 4.69) is 15.4 Å². The lowest BCUT2D eigenvalue weighted by atomic mass is 10.0. The molecule has 4 rings (SSSR count). The van der Waals surface area contributed by atoms with Crippen molar-refractivity contribution in [2.45, 2.75) is 51.6 Å². The maximum atomic E-state index is 13.4. The van der Waals surface area contributed by atoms with Crippen molar-refractivity contribution in [2.24, 2.45) is 0 Å². The van der Waals surface area contributed by atoms with Crippen LogP contribution >= 0.6 is 11.3 Å². The Kier molecular flexibility index (Phi) is 5.81. The lowest BCUT2D eigenvalue weighted by Crippen LogP contribution is -2.45. The lowest BCUT2D eigenvalue weighted by Gasteiger charge is -2.34. The number of aliphatic hydroxyl groups is 1. The van der Waals surface area contributed by atoms with Gasteiger partial charge in [0.15, 0.2) is 16.5 Å². The number of nitrogens with one attached hydrogen (secondary N) is 1. The third kappa shape index (κ3) is 4.20. The second-order valence-corrected chi connectivity index (χ2v) is 9.75. The highest BCUT2D eigenvalue weighted by atomic mass is 32.1. The molecular weight excluding hydrogens is 414 g/mol. The number of thiazole rings is 1. The van der Waals surface area contributed by atoms with Gasteiger partial charge < -0.3 is 10.0 Å². The minimum atomic E-state index is -0.399. The van der Waals surface area contributed by atoms with Crippen molar-refractivity contribution < 1.29 is 14.7 Å². The van der Waals surface area contributed by atoms with E-state index in [1.807, 2.05) is 26.8 Å². The van der Waals surface area contributed by atoms with E-state index < -0.39 is 5.54 Å². The quantitative estimate of drug-likeness (QED) is 0.646. The van der Waals surface area contributed by atoms with Crippen LogP contribution in [0.4, 0.5) is 5.13 Å². The highest BCUT2D eigenvalue weighted by Crippen LogP contribution is 2.34. The Bertz CT molecular complexity index is 1100. The third-order valence-electron chi connectivity index (χ3n) is 5.42. The number of carbonyl (C=O) groups is 2. The second-order valence-electron chi connectivity index (χ2n) is 8.75. The molecule has 0 bridgehead atoms. The summed E-state index contributed by atoms with van der Waals surface area (Å²) in [5.41, 5.74) is 1.03. The van der Waals surface area contributed by atoms with Gasteiger partial charge in [0.05, 0.1) is 18.2 Å². The van der Waals surface area contributed by atoms with Gasteiger partial charge >= 0.3 is 0 Å². The van der Waals surface area contributed by atoms with Crippen molar-refractivity contribution in [3.05, 3.63) is 41.6 Å². The van der Waals surface area contributed by atoms with Crippen molar-refractivity contribution in [3.63, 3.8) is 0 Å². The number of likely N-dealkylation sites (tertiary alicyclic amines) is 1. The summed E-state index contributed by atoms with van der Waals surface area (Å²) in [5.74, 6) is -0.451. The number of amides is 2. The van der Waals surface area contributed by atoms with E-state index in [4.69, 9.17) is 0 Å². The van der Waals surface area contributed by atoms with Crippen LogP contribution in [0.5, 0.6) is 0 Å². The largest absolute Gasteiger partial charge is 0.394 e. The molecule has 1 fully saturated rings. The van der Waals surface area contributed by atoms with E-state index in [0.29, 0.717) is 33.3 Å². The van der Waals surface area contributed by atoms with E-state index in [9.17, 15) is 14.7 Å². The molecule has 164 valence electrons. The fraction of sp³-hybridized carbons (Fsp3) is 0.455. The molecule has 2 aromatic heterocycles. The zero-order chi connectivity index (χ0) is 22.2. The molecule has 1 aliphatic heterocycles. The molecule has 1 aromatic carbocycles. The number of anilines is 1. The smallest absolute Gasteiger partial charge is 0.276 e. The number of rotatable bonds is 4. The Morgan fingerprint density at radius 1 is 1.23 bits per heavy atom. The van der Waals surface area contributed by atoms with Crippen molar-refractivity contribution in [2.75, 3.05) is 18.5 Å². The zero-order valence-electron chi connectivity index (χ0n) is 18.0. The molecule has 8 nitrogen and oxygen atoms in total. The van der Waals surface area contributed by atoms with Gasteiger partial charge in [-0.2, -0.15) is 10.1 Å². The summed E-state index contributed by atoms with van der Waals surface area (Å²) < 4.78 is 2.38. The first kappa shape index (κ1) is 21.5. The standard InChI is InChI=1S/C22H27N5O3S/c1-22(2,3)27-18-17(16(25-27)20(30)26-12-8-7-11-15(26)13-28)31-21(23-18)24-19(29)14-9-5-4-6-10-14/h4-6,9-10,15,28H,7-8,11-13H2,1-3H3,(H,23,24,29). The van der Waals surface area contributed by atoms with E-state index >= 15 is 0 Å². The van der Waals surface area contributed by atoms with Gasteiger partial charge in [-0.05, 0) is 52.2 Å². The van der Waals surface area contributed by atoms with Crippen molar-refractivity contribution in [3.8, 4) is 0 Å². The van der Waals surface area contributed by atoms with Crippen LogP contribution in [0.15, 0.2) is 30.3 Å². The van der Waals surface area contributed by atoms with Crippen molar-refractivity contribution in [1.29, 1.82) is 0 Å². The van der Waals surface area contributed by atoms with Crippen LogP contribution < -0.4 is 5.32 Å². The number of hydrogen-bond donors (Lipinski definition) is 2. The summed E-state index contributed by atoms with van der Waals surface area (Å²) in [5, 5.41) is 17.6. The monoisotopic (exact) mass is 441 g/mol. The predicted molar refractivity (Wildman–Crippen MR) is 121 cm³/mol. The molecule has 1 atom stereocenters. The number of aromatic nitrogens is 3. The molecule has 1 unspecified atom stereocenters. The van der Waals surface area contributed by atoms with Crippen LogP contribution in [-0.2, 0) is 5.54 Å². The Labute approximate surface area is 184 Å². The highest BCUT2D eigenvalue weighted by molar-refractivity contribution is 7.22. The van der Waals surface area contributed by atoms with Crippen LogP contribution in [0.2, 0.25) is 0 Å². The van der Waals surface area contributed by atoms with Gasteiger partial charge in [-0.15, -0.1) is 0 Å². The molecule has 3 heterocycles. The Hall–Kier alpha value is -2.78. The first-order valence-corrected chi connectivity index (χ1v) is 11.3. The summed E-state index contributed by atoms with van der Waals surface area (Å²) in [6.45, 7) is 6.52. The summed E-state index contributed by atoms with van der Waals surface area (Å²) in [7, 11) is 0. The summed E-state index contributed by atoms with van der Waals surface area (Å²) in [6.07, 6.45) is 2.69. The molecule has 2 amide bonds. The highest BCUT2D eigenvalue weighted by Gasteiger charge is 2.33. The number of aliphatic hydroxyl groups excluding tert-OH is 1. The van der Waals surface area contributed by atoms with Crippen LogP contribution in [0.3, 0.4) is 0 Å². The lowest BCUT2D eigenvalue weighted by molar-refractivity contribution is 0.0497. The minimum Gasteiger partial charge on any atom is -0.394 e. The van der Waals surface area contributed by atoms with Gasteiger partial charge in [0.25, 0.3) is 11.8 Å². The summed E-state index contributed by atoms with van der Waals surface area (Å²) in [6, 6.07) is 8.74. The Morgan fingerprint density at radius 2 is 1.97 bits per heavy atom. The predicted octanol–water partition coefficient (Wildman–Crippen LogP) is 3.49. The average Bonchev–Trinajstić information content (AvgIpc) is 3.32. The van der Waals surface area contributed by atoms with Gasteiger partial charge in [0.1, 0.15) is 4.70 Å². The van der Waals surface area contributed by atoms with Crippen LogP contribution in [0.1, 0.15) is 60.9 Å². The molecule has 1 saturated heterocycles. The summed E-state index contributed by atoms with van der Waals surface area (Å²) in [4.78, 5) is 32.3. The molecular formula is C22H27N5O3S. The number of piperidine rings is 1. The van der Waals surface area contributed by atoms with Crippen LogP contribution in [0.25, 0.3) is 10.3 Å². The molecule has 2 N–H and O–H groups in total. The van der Waals surface area contributed by atoms with E-state index in [0.717, 1.165) is 19.3 Å². The van der Waals surface area contributed by atoms with Gasteiger partial charge in [0, 0.05) is 12.1 Å². The summed E-state index contributed by atoms with van der Waals surface area (Å²) >= 11 is 1.25. The van der Waals surface area contributed by atoms with E-state index in [1.165, 1.54) is 11.3 Å². The molecule has 0 aliphatic carbocycles. The molecule has 0 spiro atoms. The second kappa shape index (κ2) is 8.39. The number of benzene rings is 1. The van der Waals surface area contributed by atoms with Crippen molar-refractivity contribution >= 4 is 38.6 Å². The Balaban J connectivity index is 1.72. The maximum Gasteiger partial charge on any atom is 0.276 e. The molecule has 31 heavy (non-hydrogen) atoms. The molecule has 0 saturated carbocycles. The van der Waals surface area contributed by atoms with Crippen LogP contribution in [0, 0.1) is 0 Å². The maximum absolute atomic E-state index is 13.4. The SMILES string of the molecule is CC(C)(C)n1nc(C(=O)N2CCCCC2CO)c2sc(NC(=O)c3ccccc3)nc21. The number of carbonyl (C=O) groups excluding carboxylic acids is 2. The molecule has 1 aliphatic rings. The van der Waals surface area contributed by atoms with E-state index in [1.54, 1.807) is 33.8 Å². The first-order valence-electron chi connectivity index (χ1n) is 10.5. The van der Waals surface area contributed by atoms with Gasteiger partial charge in [-0.25, -0.2) is 4.68 Å². The molecule has 9 heteroatoms. The number of hydrogen-bond acceptors (Lipinski definition) is 6. The minimum absolute atomic E-state index is 0.0596. The number of nitrogens with zero attached hydrogens (tertiary/aromatic N) is 4. The third-order valence-corrected chi connectivity index (χ3v) is 6.38. The van der Waals surface area contributed by atoms with E-state index in [-0.39, 0.29) is 24.5 Å². The Morgan fingerprint density at radius 3 is 2.65 bits per heavy atom. The fourth-order valence-electron chi connectivity index (χ4n) is 3.82. The first-order chi connectivity index (χ1) is 14.8.